The van der Waals surface area contributed by atoms with E-state index in [4.69, 9.17) is 5.11 Å². The Kier molecular flexibility index (Phi) is 2.34. The summed E-state index contributed by atoms with van der Waals surface area (Å²) in [5, 5.41) is 15.9. The molecule has 0 bridgehead atoms. The predicted molar refractivity (Wildman–Crippen MR) is 44.4 cm³/mol. The SMILES string of the molecule is CN=Nc1c(O)[nH]c(=S)[nH]c1=O. The van der Waals surface area contributed by atoms with Crippen molar-refractivity contribution in [3.63, 3.8) is 0 Å². The summed E-state index contributed by atoms with van der Waals surface area (Å²) >= 11 is 4.59. The summed E-state index contributed by atoms with van der Waals surface area (Å²) < 4.78 is 0.0487. The van der Waals surface area contributed by atoms with Crippen molar-refractivity contribution in [2.24, 2.45) is 10.2 Å². The fourth-order valence-corrected chi connectivity index (χ4v) is 0.850. The lowest BCUT2D eigenvalue weighted by molar-refractivity contribution is 0.451. The van der Waals surface area contributed by atoms with Crippen LogP contribution in [0.2, 0.25) is 0 Å². The lowest BCUT2D eigenvalue weighted by atomic mass is 10.5. The second kappa shape index (κ2) is 3.26. The fourth-order valence-electron chi connectivity index (χ4n) is 0.661. The van der Waals surface area contributed by atoms with Crippen LogP contribution in [0.15, 0.2) is 15.0 Å². The van der Waals surface area contributed by atoms with Gasteiger partial charge in [0.25, 0.3) is 5.56 Å². The third-order valence-electron chi connectivity index (χ3n) is 1.10. The Morgan fingerprint density at radius 1 is 1.50 bits per heavy atom. The largest absolute Gasteiger partial charge is 0.493 e. The maximum Gasteiger partial charge on any atom is 0.283 e. The first-order valence-electron chi connectivity index (χ1n) is 3.00. The van der Waals surface area contributed by atoms with Gasteiger partial charge in [0.2, 0.25) is 11.6 Å². The third-order valence-corrected chi connectivity index (χ3v) is 1.30. The molecule has 64 valence electrons. The molecule has 0 aromatic carbocycles. The van der Waals surface area contributed by atoms with Gasteiger partial charge in [-0.25, -0.2) is 0 Å². The molecule has 3 N–H and O–H groups in total. The Balaban J connectivity index is 3.49. The van der Waals surface area contributed by atoms with E-state index in [-0.39, 0.29) is 16.3 Å². The van der Waals surface area contributed by atoms with Crippen molar-refractivity contribution in [2.75, 3.05) is 7.05 Å². The van der Waals surface area contributed by atoms with Crippen molar-refractivity contribution >= 4 is 17.9 Å². The van der Waals surface area contributed by atoms with Crippen LogP contribution in [0.1, 0.15) is 0 Å². The average Bonchev–Trinajstić information content (AvgIpc) is 1.96. The number of nitrogens with one attached hydrogen (secondary N) is 2. The fraction of sp³-hybridized carbons (Fsp3) is 0.200. The molecule has 0 aliphatic heterocycles. The van der Waals surface area contributed by atoms with Gasteiger partial charge in [0.1, 0.15) is 0 Å². The van der Waals surface area contributed by atoms with Crippen molar-refractivity contribution in [1.29, 1.82) is 0 Å². The van der Waals surface area contributed by atoms with Crippen LogP contribution in [-0.2, 0) is 0 Å². The van der Waals surface area contributed by atoms with Gasteiger partial charge in [0.05, 0.1) is 0 Å². The normalized spacial score (nSPS) is 10.8. The number of hydrogen-bond donors (Lipinski definition) is 3. The van der Waals surface area contributed by atoms with E-state index < -0.39 is 5.56 Å². The van der Waals surface area contributed by atoms with Crippen molar-refractivity contribution in [3.8, 4) is 5.88 Å². The molecule has 12 heavy (non-hydrogen) atoms. The van der Waals surface area contributed by atoms with E-state index in [1.165, 1.54) is 7.05 Å². The summed E-state index contributed by atoms with van der Waals surface area (Å²) in [6.07, 6.45) is 0. The standard InChI is InChI=1S/C5H6N4O2S/c1-6-9-2-3(10)7-5(12)8-4(2)11/h1H3,(H3,7,8,10,11,12). The van der Waals surface area contributed by atoms with Crippen LogP contribution in [0, 0.1) is 4.77 Å². The molecule has 0 saturated heterocycles. The maximum absolute atomic E-state index is 11.0. The summed E-state index contributed by atoms with van der Waals surface area (Å²) in [4.78, 5) is 15.6. The first-order chi connectivity index (χ1) is 5.65. The molecule has 0 saturated carbocycles. The number of aromatic nitrogens is 2. The lowest BCUT2D eigenvalue weighted by Gasteiger charge is -1.94. The number of nitrogens with zero attached hydrogens (tertiary/aromatic N) is 2. The van der Waals surface area contributed by atoms with E-state index in [1.807, 2.05) is 0 Å². The highest BCUT2D eigenvalue weighted by molar-refractivity contribution is 7.71. The van der Waals surface area contributed by atoms with E-state index in [0.29, 0.717) is 0 Å². The molecule has 0 fully saturated rings. The van der Waals surface area contributed by atoms with Gasteiger partial charge < -0.3 is 10.1 Å². The summed E-state index contributed by atoms with van der Waals surface area (Å²) in [6, 6.07) is 0. The van der Waals surface area contributed by atoms with Gasteiger partial charge in [0, 0.05) is 7.05 Å². The van der Waals surface area contributed by atoms with E-state index >= 15 is 0 Å². The molecule has 0 spiro atoms. The molecule has 1 aromatic rings. The minimum absolute atomic E-state index is 0.0487. The minimum atomic E-state index is -0.568. The second-order valence-electron chi connectivity index (χ2n) is 1.91. The molecular formula is C5H6N4O2S. The van der Waals surface area contributed by atoms with Crippen LogP contribution < -0.4 is 5.56 Å². The van der Waals surface area contributed by atoms with E-state index in [2.05, 4.69) is 32.4 Å². The summed E-state index contributed by atoms with van der Waals surface area (Å²) in [5.41, 5.74) is -0.743. The Labute approximate surface area is 72.0 Å². The molecule has 0 aliphatic rings. The van der Waals surface area contributed by atoms with Gasteiger partial charge in [-0.05, 0) is 12.2 Å². The molecule has 6 nitrogen and oxygen atoms in total. The first-order valence-corrected chi connectivity index (χ1v) is 3.41. The smallest absolute Gasteiger partial charge is 0.283 e. The number of hydrogen-bond acceptors (Lipinski definition) is 5. The highest BCUT2D eigenvalue weighted by atomic mass is 32.1. The first kappa shape index (κ1) is 8.60. The van der Waals surface area contributed by atoms with Crippen molar-refractivity contribution in [3.05, 3.63) is 15.1 Å². The minimum Gasteiger partial charge on any atom is -0.493 e. The molecule has 1 rings (SSSR count). The topological polar surface area (TPSA) is 93.6 Å². The molecule has 1 aromatic heterocycles. The third kappa shape index (κ3) is 1.56. The van der Waals surface area contributed by atoms with Gasteiger partial charge >= 0.3 is 0 Å². The van der Waals surface area contributed by atoms with Gasteiger partial charge in [-0.3, -0.25) is 9.78 Å². The molecule has 1 heterocycles. The number of azo groups is 1. The molecule has 7 heteroatoms. The number of H-pyrrole nitrogens is 2. The Bertz CT molecular complexity index is 418. The molecule has 0 aliphatic carbocycles. The Morgan fingerprint density at radius 3 is 2.67 bits per heavy atom. The number of aromatic hydroxyl groups is 1. The van der Waals surface area contributed by atoms with Gasteiger partial charge in [-0.15, -0.1) is 5.11 Å². The van der Waals surface area contributed by atoms with Crippen LogP contribution in [-0.4, -0.2) is 22.1 Å². The lowest BCUT2D eigenvalue weighted by Crippen LogP contribution is -2.06. The Morgan fingerprint density at radius 2 is 2.17 bits per heavy atom. The quantitative estimate of drug-likeness (QED) is 0.448. The molecule has 0 radical (unpaired) electrons. The van der Waals surface area contributed by atoms with Gasteiger partial charge in [0.15, 0.2) is 4.77 Å². The monoisotopic (exact) mass is 186 g/mol. The van der Waals surface area contributed by atoms with Crippen LogP contribution >= 0.6 is 12.2 Å². The number of aromatic amines is 2. The number of rotatable bonds is 1. The van der Waals surface area contributed by atoms with Crippen LogP contribution in [0.3, 0.4) is 0 Å². The van der Waals surface area contributed by atoms with Crippen LogP contribution in [0.4, 0.5) is 5.69 Å². The van der Waals surface area contributed by atoms with Crippen molar-refractivity contribution in [1.82, 2.24) is 9.97 Å². The summed E-state index contributed by atoms with van der Waals surface area (Å²) in [7, 11) is 1.39. The average molecular weight is 186 g/mol. The van der Waals surface area contributed by atoms with E-state index in [9.17, 15) is 4.79 Å². The maximum atomic E-state index is 11.0. The molecule has 0 amide bonds. The highest BCUT2D eigenvalue weighted by Gasteiger charge is 2.04. The van der Waals surface area contributed by atoms with Gasteiger partial charge in [-0.2, -0.15) is 5.11 Å². The van der Waals surface area contributed by atoms with Crippen molar-refractivity contribution in [2.45, 2.75) is 0 Å². The molecular weight excluding hydrogens is 180 g/mol. The highest BCUT2D eigenvalue weighted by Crippen LogP contribution is 2.16. The van der Waals surface area contributed by atoms with E-state index in [0.717, 1.165) is 0 Å². The van der Waals surface area contributed by atoms with E-state index in [1.54, 1.807) is 0 Å². The summed E-state index contributed by atoms with van der Waals surface area (Å²) in [5.74, 6) is -0.380. The second-order valence-corrected chi connectivity index (χ2v) is 2.31. The van der Waals surface area contributed by atoms with Crippen molar-refractivity contribution < 1.29 is 5.11 Å². The van der Waals surface area contributed by atoms with Gasteiger partial charge in [-0.1, -0.05) is 0 Å². The zero-order valence-corrected chi connectivity index (χ0v) is 6.97. The zero-order chi connectivity index (χ0) is 9.14. The summed E-state index contributed by atoms with van der Waals surface area (Å²) in [6.45, 7) is 0. The molecule has 0 unspecified atom stereocenters. The predicted octanol–water partition coefficient (Wildman–Crippen LogP) is 0.852. The Hall–Kier alpha value is -1.50. The van der Waals surface area contributed by atoms with Crippen LogP contribution in [0.25, 0.3) is 0 Å². The molecule has 0 atom stereocenters. The van der Waals surface area contributed by atoms with Crippen LogP contribution in [0.5, 0.6) is 5.88 Å². The zero-order valence-electron chi connectivity index (χ0n) is 6.16.